The van der Waals surface area contributed by atoms with Gasteiger partial charge in [-0.3, -0.25) is 0 Å². The largest absolute Gasteiger partial charge is 0.393 e. The van der Waals surface area contributed by atoms with E-state index in [1.54, 1.807) is 0 Å². The van der Waals surface area contributed by atoms with Gasteiger partial charge in [0.15, 0.2) is 5.82 Å². The maximum atomic E-state index is 9.55. The zero-order valence-corrected chi connectivity index (χ0v) is 11.6. The maximum absolute atomic E-state index is 9.55. The Balaban J connectivity index is 1.65. The molecule has 2 aliphatic rings. The molecule has 1 aromatic rings. The van der Waals surface area contributed by atoms with Crippen molar-refractivity contribution in [1.29, 1.82) is 0 Å². The first kappa shape index (κ1) is 13.1. The predicted molar refractivity (Wildman–Crippen MR) is 72.0 cm³/mol. The van der Waals surface area contributed by atoms with Crippen molar-refractivity contribution in [3.8, 4) is 0 Å². The molecule has 0 radical (unpaired) electrons. The minimum absolute atomic E-state index is 0.125. The van der Waals surface area contributed by atoms with Crippen LogP contribution in [0.15, 0.2) is 4.52 Å². The summed E-state index contributed by atoms with van der Waals surface area (Å²) >= 11 is 0. The Morgan fingerprint density at radius 2 is 1.53 bits per heavy atom. The van der Waals surface area contributed by atoms with E-state index < -0.39 is 0 Å². The van der Waals surface area contributed by atoms with Crippen LogP contribution in [0.3, 0.4) is 0 Å². The second kappa shape index (κ2) is 6.04. The first-order chi connectivity index (χ1) is 9.33. The van der Waals surface area contributed by atoms with Crippen LogP contribution in [-0.2, 0) is 0 Å². The molecule has 2 fully saturated rings. The summed E-state index contributed by atoms with van der Waals surface area (Å²) in [7, 11) is 0. The highest BCUT2D eigenvalue weighted by atomic mass is 16.5. The zero-order valence-electron chi connectivity index (χ0n) is 11.6. The van der Waals surface area contributed by atoms with Crippen LogP contribution >= 0.6 is 0 Å². The molecule has 4 heteroatoms. The third-order valence-electron chi connectivity index (χ3n) is 4.72. The fourth-order valence-electron chi connectivity index (χ4n) is 3.44. The van der Waals surface area contributed by atoms with E-state index in [0.29, 0.717) is 11.8 Å². The Morgan fingerprint density at radius 1 is 0.842 bits per heavy atom. The molecular formula is C15H24N2O2. The van der Waals surface area contributed by atoms with Crippen molar-refractivity contribution in [2.75, 3.05) is 0 Å². The van der Waals surface area contributed by atoms with Gasteiger partial charge in [-0.25, -0.2) is 0 Å². The van der Waals surface area contributed by atoms with Crippen molar-refractivity contribution in [3.05, 3.63) is 11.7 Å². The lowest BCUT2D eigenvalue weighted by Crippen LogP contribution is -2.17. The van der Waals surface area contributed by atoms with Gasteiger partial charge < -0.3 is 9.63 Å². The number of aliphatic hydroxyl groups excluding tert-OH is 1. The van der Waals surface area contributed by atoms with E-state index in [2.05, 4.69) is 10.1 Å². The molecule has 0 saturated heterocycles. The Labute approximate surface area is 114 Å². The monoisotopic (exact) mass is 264 g/mol. The van der Waals surface area contributed by atoms with Crippen LogP contribution in [0.5, 0.6) is 0 Å². The number of hydrogen-bond donors (Lipinski definition) is 1. The van der Waals surface area contributed by atoms with Crippen molar-refractivity contribution in [2.24, 2.45) is 0 Å². The average Bonchev–Trinajstić information content (AvgIpc) is 2.76. The molecule has 106 valence electrons. The molecule has 2 saturated carbocycles. The standard InChI is InChI=1S/C15H24N2O2/c18-13-9-7-12(8-10-13)15-16-14(17-19-15)11-5-3-1-2-4-6-11/h11-13,18H,1-10H2. The molecule has 3 rings (SSSR count). The molecule has 0 atom stereocenters. The highest BCUT2D eigenvalue weighted by molar-refractivity contribution is 5.01. The minimum atomic E-state index is -0.125. The third-order valence-corrected chi connectivity index (χ3v) is 4.72. The molecule has 4 nitrogen and oxygen atoms in total. The molecule has 1 aromatic heterocycles. The molecule has 1 N–H and O–H groups in total. The van der Waals surface area contributed by atoms with Gasteiger partial charge in [0.1, 0.15) is 0 Å². The van der Waals surface area contributed by atoms with Crippen LogP contribution in [0.1, 0.15) is 87.8 Å². The van der Waals surface area contributed by atoms with Gasteiger partial charge >= 0.3 is 0 Å². The highest BCUT2D eigenvalue weighted by Gasteiger charge is 2.27. The molecule has 0 bridgehead atoms. The van der Waals surface area contributed by atoms with Gasteiger partial charge in [0.25, 0.3) is 0 Å². The van der Waals surface area contributed by atoms with Crippen LogP contribution < -0.4 is 0 Å². The van der Waals surface area contributed by atoms with Gasteiger partial charge in [-0.05, 0) is 38.5 Å². The van der Waals surface area contributed by atoms with Crippen molar-refractivity contribution < 1.29 is 9.63 Å². The third kappa shape index (κ3) is 3.16. The summed E-state index contributed by atoms with van der Waals surface area (Å²) in [6.07, 6.45) is 11.3. The van der Waals surface area contributed by atoms with Crippen LogP contribution in [0.25, 0.3) is 0 Å². The van der Waals surface area contributed by atoms with Gasteiger partial charge in [0, 0.05) is 11.8 Å². The molecule has 0 amide bonds. The Hall–Kier alpha value is -0.900. The fraction of sp³-hybridized carbons (Fsp3) is 0.867. The van der Waals surface area contributed by atoms with E-state index >= 15 is 0 Å². The summed E-state index contributed by atoms with van der Waals surface area (Å²) in [6, 6.07) is 0. The lowest BCUT2D eigenvalue weighted by Gasteiger charge is -2.22. The van der Waals surface area contributed by atoms with E-state index in [0.717, 1.165) is 37.4 Å². The summed E-state index contributed by atoms with van der Waals surface area (Å²) in [4.78, 5) is 4.66. The van der Waals surface area contributed by atoms with Crippen molar-refractivity contribution in [2.45, 2.75) is 82.1 Å². The number of nitrogens with zero attached hydrogens (tertiary/aromatic N) is 2. The molecule has 0 spiro atoms. The van der Waals surface area contributed by atoms with Gasteiger partial charge in [0.05, 0.1) is 6.10 Å². The molecule has 1 heterocycles. The quantitative estimate of drug-likeness (QED) is 0.830. The van der Waals surface area contributed by atoms with Gasteiger partial charge in [-0.15, -0.1) is 0 Å². The molecule has 0 aliphatic heterocycles. The SMILES string of the molecule is OC1CCC(c2nc(C3CCCCCC3)no2)CC1. The molecule has 0 unspecified atom stereocenters. The number of aromatic nitrogens is 2. The Kier molecular flexibility index (Phi) is 4.16. The minimum Gasteiger partial charge on any atom is -0.393 e. The smallest absolute Gasteiger partial charge is 0.229 e. The lowest BCUT2D eigenvalue weighted by atomic mass is 9.87. The first-order valence-electron chi connectivity index (χ1n) is 7.84. The zero-order chi connectivity index (χ0) is 13.1. The number of rotatable bonds is 2. The van der Waals surface area contributed by atoms with E-state index in [-0.39, 0.29) is 6.10 Å². The molecular weight excluding hydrogens is 240 g/mol. The number of aliphatic hydroxyl groups is 1. The van der Waals surface area contributed by atoms with Gasteiger partial charge in [-0.1, -0.05) is 30.8 Å². The van der Waals surface area contributed by atoms with Crippen molar-refractivity contribution in [3.63, 3.8) is 0 Å². The van der Waals surface area contributed by atoms with Crippen LogP contribution in [-0.4, -0.2) is 21.4 Å². The normalized spacial score (nSPS) is 30.2. The first-order valence-corrected chi connectivity index (χ1v) is 7.84. The van der Waals surface area contributed by atoms with Gasteiger partial charge in [0.2, 0.25) is 5.89 Å². The highest BCUT2D eigenvalue weighted by Crippen LogP contribution is 2.34. The second-order valence-corrected chi connectivity index (χ2v) is 6.18. The van der Waals surface area contributed by atoms with E-state index in [4.69, 9.17) is 4.52 Å². The van der Waals surface area contributed by atoms with E-state index in [9.17, 15) is 5.11 Å². The van der Waals surface area contributed by atoms with Crippen LogP contribution in [0.4, 0.5) is 0 Å². The van der Waals surface area contributed by atoms with Crippen LogP contribution in [0.2, 0.25) is 0 Å². The average molecular weight is 264 g/mol. The molecule has 19 heavy (non-hydrogen) atoms. The second-order valence-electron chi connectivity index (χ2n) is 6.18. The lowest BCUT2D eigenvalue weighted by molar-refractivity contribution is 0.116. The maximum Gasteiger partial charge on any atom is 0.229 e. The van der Waals surface area contributed by atoms with E-state index in [1.807, 2.05) is 0 Å². The number of hydrogen-bond acceptors (Lipinski definition) is 4. The summed E-state index contributed by atoms with van der Waals surface area (Å²) in [5.41, 5.74) is 0. The van der Waals surface area contributed by atoms with Crippen molar-refractivity contribution >= 4 is 0 Å². The Morgan fingerprint density at radius 3 is 2.21 bits per heavy atom. The summed E-state index contributed by atoms with van der Waals surface area (Å²) in [5, 5.41) is 13.8. The fourth-order valence-corrected chi connectivity index (χ4v) is 3.44. The summed E-state index contributed by atoms with van der Waals surface area (Å²) in [6.45, 7) is 0. The summed E-state index contributed by atoms with van der Waals surface area (Å²) < 4.78 is 5.49. The Bertz CT molecular complexity index is 389. The molecule has 0 aromatic carbocycles. The topological polar surface area (TPSA) is 59.2 Å². The van der Waals surface area contributed by atoms with E-state index in [1.165, 1.54) is 38.5 Å². The molecule has 2 aliphatic carbocycles. The van der Waals surface area contributed by atoms with Crippen LogP contribution in [0, 0.1) is 0 Å². The summed E-state index contributed by atoms with van der Waals surface area (Å²) in [5.74, 6) is 2.62. The van der Waals surface area contributed by atoms with Crippen molar-refractivity contribution in [1.82, 2.24) is 10.1 Å². The predicted octanol–water partition coefficient (Wildman–Crippen LogP) is 3.53. The van der Waals surface area contributed by atoms with Gasteiger partial charge in [-0.2, -0.15) is 4.98 Å².